The lowest BCUT2D eigenvalue weighted by Gasteiger charge is -1.93. The van der Waals surface area contributed by atoms with Crippen LogP contribution >= 0.6 is 0 Å². The van der Waals surface area contributed by atoms with Crippen molar-refractivity contribution in [2.75, 3.05) is 0 Å². The molecule has 1 atom stereocenters. The first-order valence-corrected chi connectivity index (χ1v) is 2.51. The lowest BCUT2D eigenvalue weighted by molar-refractivity contribution is 0.747. The molecule has 0 aromatic carbocycles. The molecule has 0 aliphatic carbocycles. The molecule has 3 heteroatoms. The summed E-state index contributed by atoms with van der Waals surface area (Å²) >= 11 is 0. The van der Waals surface area contributed by atoms with Crippen molar-refractivity contribution in [3.05, 3.63) is 18.0 Å². The summed E-state index contributed by atoms with van der Waals surface area (Å²) in [5.74, 6) is 0. The van der Waals surface area contributed by atoms with Gasteiger partial charge in [-0.3, -0.25) is 5.10 Å². The van der Waals surface area contributed by atoms with Crippen LogP contribution in [0.1, 0.15) is 18.7 Å². The van der Waals surface area contributed by atoms with E-state index in [1.54, 1.807) is 19.2 Å². The summed E-state index contributed by atoms with van der Waals surface area (Å²) in [6.07, 6.45) is 1.72. The molecule has 0 spiro atoms. The van der Waals surface area contributed by atoms with Gasteiger partial charge in [0.25, 0.3) is 0 Å². The first kappa shape index (κ1) is 5.31. The predicted octanol–water partition coefficient (Wildman–Crippen LogP) is 0.754. The van der Waals surface area contributed by atoms with Gasteiger partial charge in [0.15, 0.2) is 0 Å². The minimum atomic E-state index is -0.207. The maximum Gasteiger partial charge on any atom is 0.0802 e. The van der Waals surface area contributed by atoms with Crippen molar-refractivity contribution in [2.45, 2.75) is 13.0 Å². The molecule has 0 aliphatic heterocycles. The highest BCUT2D eigenvalue weighted by Gasteiger charge is 1.98. The van der Waals surface area contributed by atoms with Gasteiger partial charge in [-0.1, -0.05) is 0 Å². The fraction of sp³-hybridized carbons (Fsp3) is 0.400. The molecular formula is C5H8N3. The monoisotopic (exact) mass is 110 g/mol. The number of hydrogen-bond donors (Lipinski definition) is 1. The van der Waals surface area contributed by atoms with E-state index in [-0.39, 0.29) is 6.04 Å². The lowest BCUT2D eigenvalue weighted by atomic mass is 10.3. The minimum Gasteiger partial charge on any atom is -0.285 e. The molecule has 0 amide bonds. The number of nitrogens with one attached hydrogen (secondary N) is 2. The molecule has 1 radical (unpaired) electrons. The Balaban J connectivity index is 2.77. The van der Waals surface area contributed by atoms with Crippen LogP contribution in [0.15, 0.2) is 12.3 Å². The van der Waals surface area contributed by atoms with E-state index in [1.807, 2.05) is 0 Å². The van der Waals surface area contributed by atoms with Gasteiger partial charge < -0.3 is 0 Å². The molecule has 1 heterocycles. The van der Waals surface area contributed by atoms with Crippen molar-refractivity contribution in [1.82, 2.24) is 15.9 Å². The van der Waals surface area contributed by atoms with Gasteiger partial charge >= 0.3 is 0 Å². The standard InChI is InChI=1S/C5H8N3/c1-4(6)5-2-3-7-8-5/h2-4,6H,1H3,(H,7,8). The number of hydrogen-bond acceptors (Lipinski definition) is 1. The van der Waals surface area contributed by atoms with E-state index in [9.17, 15) is 0 Å². The molecule has 0 bridgehead atoms. The Morgan fingerprint density at radius 3 is 2.88 bits per heavy atom. The number of aromatic amines is 1. The van der Waals surface area contributed by atoms with Gasteiger partial charge in [0.1, 0.15) is 0 Å². The zero-order chi connectivity index (χ0) is 5.98. The van der Waals surface area contributed by atoms with E-state index >= 15 is 0 Å². The van der Waals surface area contributed by atoms with E-state index in [0.717, 1.165) is 5.69 Å². The summed E-state index contributed by atoms with van der Waals surface area (Å²) in [7, 11) is 0. The third-order valence-corrected chi connectivity index (χ3v) is 0.966. The molecule has 8 heavy (non-hydrogen) atoms. The number of rotatable bonds is 1. The maximum atomic E-state index is 7.15. The van der Waals surface area contributed by atoms with Gasteiger partial charge in [0.05, 0.1) is 11.7 Å². The van der Waals surface area contributed by atoms with Crippen LogP contribution in [-0.4, -0.2) is 10.2 Å². The second-order valence-electron chi connectivity index (χ2n) is 1.72. The topological polar surface area (TPSA) is 52.5 Å². The molecule has 43 valence electrons. The molecule has 1 unspecified atom stereocenters. The number of nitrogens with zero attached hydrogens (tertiary/aromatic N) is 1. The van der Waals surface area contributed by atoms with Crippen LogP contribution in [0.25, 0.3) is 0 Å². The lowest BCUT2D eigenvalue weighted by Crippen LogP contribution is -1.92. The van der Waals surface area contributed by atoms with Crippen molar-refractivity contribution in [1.29, 1.82) is 0 Å². The highest BCUT2D eigenvalue weighted by Crippen LogP contribution is 2.03. The van der Waals surface area contributed by atoms with E-state index in [1.165, 1.54) is 0 Å². The molecule has 2 N–H and O–H groups in total. The SMILES string of the molecule is CC([NH])c1cc[nH]n1. The smallest absolute Gasteiger partial charge is 0.0802 e. The molecule has 0 aliphatic rings. The van der Waals surface area contributed by atoms with E-state index < -0.39 is 0 Å². The first-order valence-electron chi connectivity index (χ1n) is 2.51. The van der Waals surface area contributed by atoms with E-state index in [0.29, 0.717) is 0 Å². The van der Waals surface area contributed by atoms with Crippen LogP contribution in [-0.2, 0) is 0 Å². The summed E-state index contributed by atoms with van der Waals surface area (Å²) in [5, 5.41) is 6.44. The Hall–Kier alpha value is -0.830. The van der Waals surface area contributed by atoms with Crippen LogP contribution in [0, 0.1) is 0 Å². The van der Waals surface area contributed by atoms with Gasteiger partial charge in [-0.2, -0.15) is 5.10 Å². The zero-order valence-corrected chi connectivity index (χ0v) is 4.68. The Morgan fingerprint density at radius 1 is 1.88 bits per heavy atom. The van der Waals surface area contributed by atoms with Gasteiger partial charge in [-0.25, -0.2) is 5.73 Å². The highest BCUT2D eigenvalue weighted by molar-refractivity contribution is 5.01. The summed E-state index contributed by atoms with van der Waals surface area (Å²) in [6.45, 7) is 1.79. The van der Waals surface area contributed by atoms with Gasteiger partial charge in [-0.15, -0.1) is 0 Å². The van der Waals surface area contributed by atoms with Crippen LogP contribution < -0.4 is 5.73 Å². The third-order valence-electron chi connectivity index (χ3n) is 0.966. The van der Waals surface area contributed by atoms with Crippen molar-refractivity contribution in [2.24, 2.45) is 0 Å². The second-order valence-corrected chi connectivity index (χ2v) is 1.72. The molecule has 3 nitrogen and oxygen atoms in total. The van der Waals surface area contributed by atoms with Gasteiger partial charge in [-0.05, 0) is 13.0 Å². The van der Waals surface area contributed by atoms with Crippen LogP contribution in [0.2, 0.25) is 0 Å². The maximum absolute atomic E-state index is 7.15. The van der Waals surface area contributed by atoms with Crippen molar-refractivity contribution < 1.29 is 0 Å². The molecular weight excluding hydrogens is 102 g/mol. The normalized spacial score (nSPS) is 13.8. The molecule has 1 aromatic heterocycles. The summed E-state index contributed by atoms with van der Waals surface area (Å²) < 4.78 is 0. The highest BCUT2D eigenvalue weighted by atomic mass is 15.1. The van der Waals surface area contributed by atoms with Gasteiger partial charge in [0.2, 0.25) is 0 Å². The average molecular weight is 110 g/mol. The average Bonchev–Trinajstić information content (AvgIpc) is 2.12. The number of H-pyrrole nitrogens is 1. The van der Waals surface area contributed by atoms with Crippen LogP contribution in [0.3, 0.4) is 0 Å². The Kier molecular flexibility index (Phi) is 1.30. The molecule has 0 fully saturated rings. The molecule has 1 rings (SSSR count). The molecule has 0 saturated heterocycles. The van der Waals surface area contributed by atoms with Crippen molar-refractivity contribution in [3.8, 4) is 0 Å². The second kappa shape index (κ2) is 1.96. The Labute approximate surface area is 47.9 Å². The molecule has 1 aromatic rings. The fourth-order valence-electron chi connectivity index (χ4n) is 0.513. The van der Waals surface area contributed by atoms with Crippen LogP contribution in [0.5, 0.6) is 0 Å². The zero-order valence-electron chi connectivity index (χ0n) is 4.68. The summed E-state index contributed by atoms with van der Waals surface area (Å²) in [6, 6.07) is 1.60. The summed E-state index contributed by atoms with van der Waals surface area (Å²) in [5.41, 5.74) is 7.95. The first-order chi connectivity index (χ1) is 3.80. The fourth-order valence-corrected chi connectivity index (χ4v) is 0.513. The molecule has 0 saturated carbocycles. The number of aromatic nitrogens is 2. The van der Waals surface area contributed by atoms with Gasteiger partial charge in [0, 0.05) is 6.20 Å². The quantitative estimate of drug-likeness (QED) is 0.570. The minimum absolute atomic E-state index is 0.207. The van der Waals surface area contributed by atoms with E-state index in [2.05, 4.69) is 10.2 Å². The van der Waals surface area contributed by atoms with Crippen molar-refractivity contribution >= 4 is 0 Å². The largest absolute Gasteiger partial charge is 0.285 e. The van der Waals surface area contributed by atoms with Crippen molar-refractivity contribution in [3.63, 3.8) is 0 Å². The Morgan fingerprint density at radius 2 is 2.62 bits per heavy atom. The summed E-state index contributed by atoms with van der Waals surface area (Å²) in [4.78, 5) is 0. The Bertz CT molecular complexity index is 143. The van der Waals surface area contributed by atoms with Crippen LogP contribution in [0.4, 0.5) is 0 Å². The third kappa shape index (κ3) is 0.869. The van der Waals surface area contributed by atoms with E-state index in [4.69, 9.17) is 5.73 Å². The predicted molar refractivity (Wildman–Crippen MR) is 30.1 cm³/mol.